The third-order valence-electron chi connectivity index (χ3n) is 2.54. The summed E-state index contributed by atoms with van der Waals surface area (Å²) in [5.41, 5.74) is 1.04. The van der Waals surface area contributed by atoms with Crippen LogP contribution in [0, 0.1) is 11.3 Å². The van der Waals surface area contributed by atoms with Crippen LogP contribution >= 0.6 is 15.9 Å². The highest BCUT2D eigenvalue weighted by molar-refractivity contribution is 9.10. The molecule has 1 aromatic heterocycles. The molecule has 0 fully saturated rings. The van der Waals surface area contributed by atoms with Gasteiger partial charge in [-0.15, -0.1) is 0 Å². The van der Waals surface area contributed by atoms with Gasteiger partial charge in [0.05, 0.1) is 10.2 Å². The first-order chi connectivity index (χ1) is 8.28. The van der Waals surface area contributed by atoms with E-state index in [4.69, 9.17) is 0 Å². The molecule has 0 radical (unpaired) electrons. The largest absolute Gasteiger partial charge is 0.325 e. The Balaban J connectivity index is 2.50. The van der Waals surface area contributed by atoms with Crippen LogP contribution in [0.3, 0.4) is 0 Å². The average Bonchev–Trinajstić information content (AvgIpc) is 2.18. The van der Waals surface area contributed by atoms with Crippen LogP contribution in [0.25, 0.3) is 0 Å². The lowest BCUT2D eigenvalue weighted by Gasteiger charge is -2.22. The molecule has 0 saturated carbocycles. The Kier molecular flexibility index (Phi) is 5.32. The van der Waals surface area contributed by atoms with E-state index in [2.05, 4.69) is 53.9 Å². The second-order valence-corrected chi connectivity index (χ2v) is 6.83. The first kappa shape index (κ1) is 15.2. The van der Waals surface area contributed by atoms with Gasteiger partial charge in [0.1, 0.15) is 0 Å². The summed E-state index contributed by atoms with van der Waals surface area (Å²) < 4.78 is 0.807. The summed E-state index contributed by atoms with van der Waals surface area (Å²) in [6, 6.07) is 1.79. The first-order valence-corrected chi connectivity index (χ1v) is 6.96. The number of amides is 1. The van der Waals surface area contributed by atoms with Gasteiger partial charge in [0, 0.05) is 18.8 Å². The number of halogens is 1. The van der Waals surface area contributed by atoms with Gasteiger partial charge >= 0.3 is 0 Å². The molecule has 0 spiro atoms. The number of hydrogen-bond donors (Lipinski definition) is 1. The van der Waals surface area contributed by atoms with E-state index in [1.807, 2.05) is 0 Å². The summed E-state index contributed by atoms with van der Waals surface area (Å²) in [5, 5.41) is 2.90. The Bertz CT molecular complexity index is 413. The lowest BCUT2D eigenvalue weighted by Crippen LogP contribution is -2.19. The number of anilines is 1. The van der Waals surface area contributed by atoms with Gasteiger partial charge in [-0.25, -0.2) is 0 Å². The van der Waals surface area contributed by atoms with Gasteiger partial charge in [-0.2, -0.15) is 0 Å². The molecule has 4 heteroatoms. The summed E-state index contributed by atoms with van der Waals surface area (Å²) in [6.45, 7) is 8.70. The predicted molar refractivity (Wildman–Crippen MR) is 78.4 cm³/mol. The molecule has 1 aromatic rings. The lowest BCUT2D eigenvalue weighted by atomic mass is 9.84. The van der Waals surface area contributed by atoms with E-state index >= 15 is 0 Å². The van der Waals surface area contributed by atoms with Crippen molar-refractivity contribution in [1.29, 1.82) is 0 Å². The van der Waals surface area contributed by atoms with Crippen LogP contribution in [0.15, 0.2) is 22.9 Å². The van der Waals surface area contributed by atoms with Gasteiger partial charge in [0.25, 0.3) is 0 Å². The van der Waals surface area contributed by atoms with Crippen LogP contribution in [-0.4, -0.2) is 10.9 Å². The maximum absolute atomic E-state index is 11.9. The van der Waals surface area contributed by atoms with Crippen molar-refractivity contribution in [2.75, 3.05) is 5.32 Å². The topological polar surface area (TPSA) is 42.0 Å². The smallest absolute Gasteiger partial charge is 0.224 e. The number of pyridine rings is 1. The van der Waals surface area contributed by atoms with Crippen LogP contribution in [0.2, 0.25) is 0 Å². The summed E-state index contributed by atoms with van der Waals surface area (Å²) >= 11 is 3.36. The minimum absolute atomic E-state index is 0.0543. The normalized spacial score (nSPS) is 13.2. The second-order valence-electron chi connectivity index (χ2n) is 5.98. The quantitative estimate of drug-likeness (QED) is 0.903. The number of nitrogens with one attached hydrogen (secondary N) is 1. The molecule has 100 valence electrons. The van der Waals surface area contributed by atoms with Crippen molar-refractivity contribution in [3.05, 3.63) is 22.9 Å². The number of nitrogens with zero attached hydrogens (tertiary/aromatic N) is 1. The van der Waals surface area contributed by atoms with Crippen LogP contribution in [0.5, 0.6) is 0 Å². The molecule has 3 nitrogen and oxygen atoms in total. The highest BCUT2D eigenvalue weighted by Gasteiger charge is 2.18. The zero-order valence-corrected chi connectivity index (χ0v) is 13.0. The third-order valence-corrected chi connectivity index (χ3v) is 3.17. The molecular weight excluding hydrogens is 292 g/mol. The molecule has 1 N–H and O–H groups in total. The van der Waals surface area contributed by atoms with E-state index in [0.29, 0.717) is 12.3 Å². The maximum atomic E-state index is 11.9. The Morgan fingerprint density at radius 3 is 2.72 bits per heavy atom. The fourth-order valence-corrected chi connectivity index (χ4v) is 2.46. The Morgan fingerprint density at radius 1 is 1.50 bits per heavy atom. The van der Waals surface area contributed by atoms with Crippen LogP contribution in [0.4, 0.5) is 5.69 Å². The molecule has 0 aromatic carbocycles. The Labute approximate surface area is 118 Å². The zero-order chi connectivity index (χ0) is 13.8. The van der Waals surface area contributed by atoms with E-state index in [9.17, 15) is 4.79 Å². The fraction of sp³-hybridized carbons (Fsp3) is 0.571. The van der Waals surface area contributed by atoms with Crippen molar-refractivity contribution >= 4 is 27.5 Å². The van der Waals surface area contributed by atoms with E-state index in [1.165, 1.54) is 0 Å². The number of carbonyl (C=O) groups is 1. The van der Waals surface area contributed by atoms with Crippen molar-refractivity contribution < 1.29 is 4.79 Å². The van der Waals surface area contributed by atoms with Gasteiger partial charge in [-0.1, -0.05) is 27.7 Å². The Hall–Kier alpha value is -0.900. The van der Waals surface area contributed by atoms with Gasteiger partial charge in [0.15, 0.2) is 0 Å². The van der Waals surface area contributed by atoms with E-state index in [1.54, 1.807) is 18.5 Å². The molecule has 1 amide bonds. The van der Waals surface area contributed by atoms with E-state index in [-0.39, 0.29) is 11.3 Å². The van der Waals surface area contributed by atoms with Crippen molar-refractivity contribution in [3.8, 4) is 0 Å². The SMILES string of the molecule is CC(CC(=O)Nc1ccncc1Br)CC(C)(C)C. The molecule has 0 aliphatic carbocycles. The lowest BCUT2D eigenvalue weighted by molar-refractivity contribution is -0.117. The number of carbonyl (C=O) groups excluding carboxylic acids is 1. The highest BCUT2D eigenvalue weighted by Crippen LogP contribution is 2.26. The van der Waals surface area contributed by atoms with Gasteiger partial charge in [0.2, 0.25) is 5.91 Å². The molecule has 0 saturated heterocycles. The van der Waals surface area contributed by atoms with E-state index < -0.39 is 0 Å². The summed E-state index contributed by atoms with van der Waals surface area (Å²) in [4.78, 5) is 15.9. The van der Waals surface area contributed by atoms with Crippen LogP contribution in [-0.2, 0) is 4.79 Å². The van der Waals surface area contributed by atoms with Gasteiger partial charge < -0.3 is 5.32 Å². The number of rotatable bonds is 4. The van der Waals surface area contributed by atoms with Crippen molar-refractivity contribution in [3.63, 3.8) is 0 Å². The molecule has 0 aliphatic rings. The molecule has 1 atom stereocenters. The molecule has 1 heterocycles. The minimum atomic E-state index is 0.0543. The molecular formula is C14H21BrN2O. The second kappa shape index (κ2) is 6.32. The van der Waals surface area contributed by atoms with Crippen molar-refractivity contribution in [1.82, 2.24) is 4.98 Å². The number of aromatic nitrogens is 1. The molecule has 1 rings (SSSR count). The van der Waals surface area contributed by atoms with Crippen molar-refractivity contribution in [2.24, 2.45) is 11.3 Å². The Morgan fingerprint density at radius 2 is 2.17 bits per heavy atom. The molecule has 1 unspecified atom stereocenters. The van der Waals surface area contributed by atoms with Gasteiger partial charge in [-0.05, 0) is 39.8 Å². The predicted octanol–water partition coefficient (Wildman–Crippen LogP) is 4.25. The highest BCUT2D eigenvalue weighted by atomic mass is 79.9. The minimum Gasteiger partial charge on any atom is -0.325 e. The third kappa shape index (κ3) is 5.63. The van der Waals surface area contributed by atoms with Crippen LogP contribution < -0.4 is 5.32 Å². The zero-order valence-electron chi connectivity index (χ0n) is 11.5. The maximum Gasteiger partial charge on any atom is 0.224 e. The van der Waals surface area contributed by atoms with Crippen molar-refractivity contribution in [2.45, 2.75) is 40.5 Å². The molecule has 0 aliphatic heterocycles. The van der Waals surface area contributed by atoms with E-state index in [0.717, 1.165) is 16.6 Å². The first-order valence-electron chi connectivity index (χ1n) is 6.17. The molecule has 18 heavy (non-hydrogen) atoms. The average molecular weight is 313 g/mol. The number of hydrogen-bond acceptors (Lipinski definition) is 2. The monoisotopic (exact) mass is 312 g/mol. The summed E-state index contributed by atoms with van der Waals surface area (Å²) in [7, 11) is 0. The van der Waals surface area contributed by atoms with Gasteiger partial charge in [-0.3, -0.25) is 9.78 Å². The fourth-order valence-electron chi connectivity index (χ4n) is 2.11. The standard InChI is InChI=1S/C14H21BrN2O/c1-10(8-14(2,3)4)7-13(18)17-12-5-6-16-9-11(12)15/h5-6,9-10H,7-8H2,1-4H3,(H,16,17,18). The molecule has 0 bridgehead atoms. The summed E-state index contributed by atoms with van der Waals surface area (Å²) in [5.74, 6) is 0.435. The van der Waals surface area contributed by atoms with Crippen LogP contribution in [0.1, 0.15) is 40.5 Å². The summed E-state index contributed by atoms with van der Waals surface area (Å²) in [6.07, 6.45) is 4.93.